The number of hydrogen-bond donors (Lipinski definition) is 0. The van der Waals surface area contributed by atoms with Crippen molar-refractivity contribution < 1.29 is 9.63 Å². The van der Waals surface area contributed by atoms with E-state index in [1.165, 1.54) is 5.01 Å². The van der Waals surface area contributed by atoms with Gasteiger partial charge in [0.05, 0.1) is 17.8 Å². The summed E-state index contributed by atoms with van der Waals surface area (Å²) in [6.07, 6.45) is 0.356. The summed E-state index contributed by atoms with van der Waals surface area (Å²) in [6, 6.07) is 7.37. The van der Waals surface area contributed by atoms with Gasteiger partial charge in [-0.15, -0.1) is 0 Å². The van der Waals surface area contributed by atoms with Crippen LogP contribution < -0.4 is 0 Å². The first-order valence-electron chi connectivity index (χ1n) is 5.88. The molecule has 0 saturated carbocycles. The molecule has 3 rings (SSSR count). The molecule has 1 aromatic rings. The van der Waals surface area contributed by atoms with Gasteiger partial charge in [0.1, 0.15) is 0 Å². The number of oxime groups is 1. The Kier molecular flexibility index (Phi) is 2.60. The van der Waals surface area contributed by atoms with Crippen LogP contribution in [0.25, 0.3) is 0 Å². The zero-order chi connectivity index (χ0) is 13.6. The number of hydrogen-bond acceptors (Lipinski definition) is 4. The molecule has 6 heteroatoms. The van der Waals surface area contributed by atoms with Gasteiger partial charge in [-0.1, -0.05) is 35.0 Å². The molecule has 0 aromatic heterocycles. The molecule has 0 radical (unpaired) electrons. The molecule has 1 unspecified atom stereocenters. The van der Waals surface area contributed by atoms with E-state index in [1.54, 1.807) is 20.0 Å². The number of hydrazone groups is 1. The molecule has 2 aliphatic heterocycles. The quantitative estimate of drug-likeness (QED) is 0.789. The molecule has 0 N–H and O–H groups in total. The smallest absolute Gasteiger partial charge is 0.295 e. The highest BCUT2D eigenvalue weighted by Gasteiger charge is 2.55. The number of rotatable bonds is 1. The number of halogens is 1. The molecule has 1 atom stereocenters. The predicted molar refractivity (Wildman–Crippen MR) is 72.3 cm³/mol. The maximum absolute atomic E-state index is 12.2. The van der Waals surface area contributed by atoms with Gasteiger partial charge in [-0.25, -0.2) is 5.01 Å². The third-order valence-electron chi connectivity index (χ3n) is 3.44. The Balaban J connectivity index is 1.94. The first-order chi connectivity index (χ1) is 9.04. The second-order valence-corrected chi connectivity index (χ2v) is 5.03. The number of benzene rings is 1. The van der Waals surface area contributed by atoms with Gasteiger partial charge in [-0.2, -0.15) is 5.10 Å². The van der Waals surface area contributed by atoms with Crippen LogP contribution in [-0.4, -0.2) is 35.0 Å². The van der Waals surface area contributed by atoms with Crippen molar-refractivity contribution in [3.63, 3.8) is 0 Å². The molecule has 2 heterocycles. The zero-order valence-electron chi connectivity index (χ0n) is 10.6. The van der Waals surface area contributed by atoms with Crippen LogP contribution in [0.1, 0.15) is 18.9 Å². The van der Waals surface area contributed by atoms with Crippen molar-refractivity contribution >= 4 is 28.9 Å². The molecule has 19 heavy (non-hydrogen) atoms. The van der Waals surface area contributed by atoms with Crippen LogP contribution in [0, 0.1) is 0 Å². The van der Waals surface area contributed by atoms with E-state index < -0.39 is 5.60 Å². The molecular weight excluding hydrogens is 266 g/mol. The molecule has 2 aliphatic rings. The van der Waals surface area contributed by atoms with Crippen molar-refractivity contribution in [2.75, 3.05) is 7.05 Å². The minimum Gasteiger partial charge on any atom is -0.372 e. The predicted octanol–water partition coefficient (Wildman–Crippen LogP) is 2.05. The Labute approximate surface area is 115 Å². The summed E-state index contributed by atoms with van der Waals surface area (Å²) in [6.45, 7) is 1.77. The average molecular weight is 278 g/mol. The summed E-state index contributed by atoms with van der Waals surface area (Å²) in [4.78, 5) is 17.6. The Morgan fingerprint density at radius 1 is 1.42 bits per heavy atom. The van der Waals surface area contributed by atoms with Crippen molar-refractivity contribution in [2.24, 2.45) is 10.3 Å². The van der Waals surface area contributed by atoms with Gasteiger partial charge in [0.15, 0.2) is 0 Å². The van der Waals surface area contributed by atoms with Crippen LogP contribution >= 0.6 is 11.6 Å². The minimum atomic E-state index is -1.08. The third kappa shape index (κ3) is 1.65. The monoisotopic (exact) mass is 277 g/mol. The van der Waals surface area contributed by atoms with Crippen molar-refractivity contribution in [2.45, 2.75) is 18.9 Å². The SMILES string of the molecule is CC1=NN(C)C(=O)C12CC(c1ccccc1Cl)=NO2. The van der Waals surface area contributed by atoms with Gasteiger partial charge >= 0.3 is 0 Å². The lowest BCUT2D eigenvalue weighted by molar-refractivity contribution is -0.143. The van der Waals surface area contributed by atoms with Crippen LogP contribution in [0.2, 0.25) is 5.02 Å². The molecule has 0 bridgehead atoms. The maximum atomic E-state index is 12.2. The summed E-state index contributed by atoms with van der Waals surface area (Å²) in [7, 11) is 1.61. The van der Waals surface area contributed by atoms with Crippen molar-refractivity contribution in [1.82, 2.24) is 5.01 Å². The molecule has 0 saturated heterocycles. The van der Waals surface area contributed by atoms with Gasteiger partial charge in [0, 0.05) is 17.6 Å². The van der Waals surface area contributed by atoms with Gasteiger partial charge in [0.25, 0.3) is 11.5 Å². The maximum Gasteiger partial charge on any atom is 0.295 e. The van der Waals surface area contributed by atoms with Crippen LogP contribution in [0.3, 0.4) is 0 Å². The van der Waals surface area contributed by atoms with E-state index in [0.717, 1.165) is 5.56 Å². The second kappa shape index (κ2) is 4.06. The summed E-state index contributed by atoms with van der Waals surface area (Å²) >= 11 is 6.14. The second-order valence-electron chi connectivity index (χ2n) is 4.63. The topological polar surface area (TPSA) is 54.3 Å². The lowest BCUT2D eigenvalue weighted by Crippen LogP contribution is -2.45. The van der Waals surface area contributed by atoms with Crippen molar-refractivity contribution in [3.8, 4) is 0 Å². The number of carbonyl (C=O) groups is 1. The largest absolute Gasteiger partial charge is 0.372 e. The fraction of sp³-hybridized carbons (Fsp3) is 0.308. The lowest BCUT2D eigenvalue weighted by Gasteiger charge is -2.18. The van der Waals surface area contributed by atoms with Crippen LogP contribution in [0.5, 0.6) is 0 Å². The summed E-state index contributed by atoms with van der Waals surface area (Å²) < 4.78 is 0. The van der Waals surface area contributed by atoms with Gasteiger partial charge in [-0.3, -0.25) is 4.79 Å². The zero-order valence-corrected chi connectivity index (χ0v) is 11.3. The highest BCUT2D eigenvalue weighted by atomic mass is 35.5. The van der Waals surface area contributed by atoms with Gasteiger partial charge in [0.2, 0.25) is 0 Å². The van der Waals surface area contributed by atoms with Crippen molar-refractivity contribution in [3.05, 3.63) is 34.9 Å². The molecule has 0 aliphatic carbocycles. The summed E-state index contributed by atoms with van der Waals surface area (Å²) in [5, 5.41) is 10.1. The van der Waals surface area contributed by atoms with E-state index >= 15 is 0 Å². The van der Waals surface area contributed by atoms with E-state index in [2.05, 4.69) is 10.3 Å². The molecule has 1 aromatic carbocycles. The molecule has 1 spiro atoms. The van der Waals surface area contributed by atoms with Gasteiger partial charge in [-0.05, 0) is 13.0 Å². The third-order valence-corrected chi connectivity index (χ3v) is 3.77. The molecule has 98 valence electrons. The molecular formula is C13H12ClN3O2. The fourth-order valence-corrected chi connectivity index (χ4v) is 2.59. The minimum absolute atomic E-state index is 0.198. The van der Waals surface area contributed by atoms with Gasteiger partial charge < -0.3 is 4.84 Å². The fourth-order valence-electron chi connectivity index (χ4n) is 2.35. The summed E-state index contributed by atoms with van der Waals surface area (Å²) in [5.41, 5.74) is 0.995. The number of likely N-dealkylation sites (N-methyl/N-ethyl adjacent to an activating group) is 1. The van der Waals surface area contributed by atoms with E-state index in [-0.39, 0.29) is 5.91 Å². The Morgan fingerprint density at radius 2 is 2.16 bits per heavy atom. The first kappa shape index (κ1) is 12.2. The average Bonchev–Trinajstić information content (AvgIpc) is 2.91. The van der Waals surface area contributed by atoms with Crippen LogP contribution in [-0.2, 0) is 9.63 Å². The normalized spacial score (nSPS) is 25.6. The lowest BCUT2D eigenvalue weighted by atomic mass is 9.90. The first-order valence-corrected chi connectivity index (χ1v) is 6.26. The van der Waals surface area contributed by atoms with Crippen molar-refractivity contribution in [1.29, 1.82) is 0 Å². The van der Waals surface area contributed by atoms with E-state index in [1.807, 2.05) is 18.2 Å². The standard InChI is InChI=1S/C13H12ClN3O2/c1-8-13(12(18)17(2)15-8)7-11(16-19-13)9-5-3-4-6-10(9)14/h3-6H,7H2,1-2H3. The Morgan fingerprint density at radius 3 is 2.79 bits per heavy atom. The number of amides is 1. The van der Waals surface area contributed by atoms with E-state index in [4.69, 9.17) is 16.4 Å². The molecule has 1 amide bonds. The van der Waals surface area contributed by atoms with Crippen LogP contribution in [0.15, 0.2) is 34.5 Å². The highest BCUT2D eigenvalue weighted by Crippen LogP contribution is 2.35. The summed E-state index contributed by atoms with van der Waals surface area (Å²) in [5.74, 6) is -0.198. The Hall–Kier alpha value is -1.88. The number of carbonyl (C=O) groups excluding carboxylic acids is 1. The van der Waals surface area contributed by atoms with E-state index in [9.17, 15) is 4.79 Å². The molecule has 5 nitrogen and oxygen atoms in total. The number of nitrogens with zero attached hydrogens (tertiary/aromatic N) is 3. The highest BCUT2D eigenvalue weighted by molar-refractivity contribution is 6.34. The van der Waals surface area contributed by atoms with E-state index in [0.29, 0.717) is 22.9 Å². The Bertz CT molecular complexity index is 626. The molecule has 0 fully saturated rings. The van der Waals surface area contributed by atoms with Crippen LogP contribution in [0.4, 0.5) is 0 Å².